The topological polar surface area (TPSA) is 73.4 Å². The molecule has 2 aromatic heterocycles. The number of imidazole rings is 1. The van der Waals surface area contributed by atoms with Gasteiger partial charge >= 0.3 is 0 Å². The largest absolute Gasteiger partial charge is 0.349 e. The molecule has 0 unspecified atom stereocenters. The number of carbonyl (C=O) groups is 1. The van der Waals surface area contributed by atoms with Crippen LogP contribution in [-0.2, 0) is 11.2 Å². The SMILES string of the molecule is Cc1nc2cccc3n2c1C=C(C(=O)NC1CCN(CCCc2ccc(C#N)cc2)CC1)S3.Cl.Cl. The number of aromatic nitrogens is 2. The molecule has 0 saturated carbocycles. The van der Waals surface area contributed by atoms with Crippen LogP contribution in [0.5, 0.6) is 0 Å². The number of carbonyl (C=O) groups excluding carboxylic acids is 1. The number of amides is 1. The molecule has 0 spiro atoms. The van der Waals surface area contributed by atoms with Crippen LogP contribution in [0.1, 0.15) is 41.8 Å². The third kappa shape index (κ3) is 6.02. The third-order valence-electron chi connectivity index (χ3n) is 6.48. The van der Waals surface area contributed by atoms with Crippen molar-refractivity contribution >= 4 is 54.2 Å². The predicted molar refractivity (Wildman–Crippen MR) is 145 cm³/mol. The van der Waals surface area contributed by atoms with E-state index in [0.717, 1.165) is 72.3 Å². The molecule has 0 atom stereocenters. The Hall–Kier alpha value is -2.50. The molecule has 5 rings (SSSR count). The molecule has 1 saturated heterocycles. The maximum absolute atomic E-state index is 13.0. The zero-order chi connectivity index (χ0) is 22.8. The summed E-state index contributed by atoms with van der Waals surface area (Å²) in [7, 11) is 0. The molecular weight excluding hydrogens is 501 g/mol. The molecule has 9 heteroatoms. The summed E-state index contributed by atoms with van der Waals surface area (Å²) in [5.41, 5.74) is 4.86. The summed E-state index contributed by atoms with van der Waals surface area (Å²) in [6.45, 7) is 5.07. The number of hydrogen-bond donors (Lipinski definition) is 1. The van der Waals surface area contributed by atoms with Crippen molar-refractivity contribution in [3.05, 3.63) is 69.9 Å². The molecule has 2 aliphatic heterocycles. The lowest BCUT2D eigenvalue weighted by Crippen LogP contribution is -2.45. The Bertz CT molecular complexity index is 1260. The van der Waals surface area contributed by atoms with Crippen molar-refractivity contribution in [2.24, 2.45) is 0 Å². The first-order valence-electron chi connectivity index (χ1n) is 11.5. The van der Waals surface area contributed by atoms with Gasteiger partial charge in [0.25, 0.3) is 5.91 Å². The second-order valence-corrected chi connectivity index (χ2v) is 9.81. The van der Waals surface area contributed by atoms with Crippen molar-refractivity contribution < 1.29 is 4.79 Å². The quantitative estimate of drug-likeness (QED) is 0.485. The molecule has 184 valence electrons. The van der Waals surface area contributed by atoms with Gasteiger partial charge in [-0.25, -0.2) is 4.98 Å². The van der Waals surface area contributed by atoms with Gasteiger partial charge in [-0.05, 0) is 75.1 Å². The number of pyridine rings is 1. The Kier molecular flexibility index (Phi) is 9.26. The molecule has 2 aliphatic rings. The lowest BCUT2D eigenvalue weighted by molar-refractivity contribution is -0.117. The van der Waals surface area contributed by atoms with Crippen molar-refractivity contribution in [1.82, 2.24) is 19.6 Å². The van der Waals surface area contributed by atoms with Crippen LogP contribution < -0.4 is 5.32 Å². The molecule has 0 aliphatic carbocycles. The van der Waals surface area contributed by atoms with E-state index in [9.17, 15) is 4.79 Å². The predicted octanol–water partition coefficient (Wildman–Crippen LogP) is 5.02. The van der Waals surface area contributed by atoms with E-state index < -0.39 is 0 Å². The highest BCUT2D eigenvalue weighted by Gasteiger charge is 2.25. The first-order valence-corrected chi connectivity index (χ1v) is 12.3. The van der Waals surface area contributed by atoms with Crippen LogP contribution in [-0.4, -0.2) is 45.9 Å². The van der Waals surface area contributed by atoms with E-state index in [2.05, 4.69) is 25.7 Å². The van der Waals surface area contributed by atoms with Crippen LogP contribution >= 0.6 is 36.6 Å². The minimum Gasteiger partial charge on any atom is -0.349 e. The average molecular weight is 531 g/mol. The molecule has 1 aromatic carbocycles. The summed E-state index contributed by atoms with van der Waals surface area (Å²) in [4.78, 5) is 20.9. The van der Waals surface area contributed by atoms with E-state index in [-0.39, 0.29) is 36.8 Å². The van der Waals surface area contributed by atoms with Crippen LogP contribution in [0.2, 0.25) is 0 Å². The Morgan fingerprint density at radius 2 is 1.91 bits per heavy atom. The number of nitrogens with zero attached hydrogens (tertiary/aromatic N) is 4. The number of hydrogen-bond acceptors (Lipinski definition) is 5. The van der Waals surface area contributed by atoms with Gasteiger partial charge in [0.15, 0.2) is 0 Å². The van der Waals surface area contributed by atoms with Gasteiger partial charge in [0.05, 0.1) is 33.0 Å². The zero-order valence-corrected chi connectivity index (χ0v) is 22.0. The van der Waals surface area contributed by atoms with Crippen molar-refractivity contribution in [3.63, 3.8) is 0 Å². The van der Waals surface area contributed by atoms with Gasteiger partial charge in [-0.2, -0.15) is 5.26 Å². The van der Waals surface area contributed by atoms with E-state index in [1.165, 1.54) is 17.3 Å². The fraction of sp³-hybridized carbons (Fsp3) is 0.346. The number of aryl methyl sites for hydroxylation is 2. The zero-order valence-electron chi connectivity index (χ0n) is 19.6. The molecule has 6 nitrogen and oxygen atoms in total. The van der Waals surface area contributed by atoms with Gasteiger partial charge in [0.2, 0.25) is 0 Å². The average Bonchev–Trinajstić information content (AvgIpc) is 3.17. The van der Waals surface area contributed by atoms with Crippen molar-refractivity contribution in [3.8, 4) is 6.07 Å². The highest BCUT2D eigenvalue weighted by molar-refractivity contribution is 8.04. The number of rotatable bonds is 6. The van der Waals surface area contributed by atoms with Crippen LogP contribution in [0.3, 0.4) is 0 Å². The van der Waals surface area contributed by atoms with Gasteiger partial charge in [-0.15, -0.1) is 24.8 Å². The summed E-state index contributed by atoms with van der Waals surface area (Å²) >= 11 is 1.52. The second-order valence-electron chi connectivity index (χ2n) is 8.75. The molecular formula is C26H29Cl2N5OS. The summed E-state index contributed by atoms with van der Waals surface area (Å²) < 4.78 is 2.12. The van der Waals surface area contributed by atoms with Crippen molar-refractivity contribution in [2.45, 2.75) is 43.7 Å². The molecule has 35 heavy (non-hydrogen) atoms. The Balaban J connectivity index is 0.00000171. The first-order chi connectivity index (χ1) is 16.1. The molecule has 3 aromatic rings. The minimum absolute atomic E-state index is 0. The van der Waals surface area contributed by atoms with E-state index in [1.54, 1.807) is 0 Å². The lowest BCUT2D eigenvalue weighted by Gasteiger charge is -2.32. The number of piperidine rings is 1. The van der Waals surface area contributed by atoms with Gasteiger partial charge in [-0.3, -0.25) is 9.20 Å². The Labute approximate surface area is 222 Å². The van der Waals surface area contributed by atoms with Crippen LogP contribution in [0, 0.1) is 18.3 Å². The maximum atomic E-state index is 13.0. The molecule has 0 radical (unpaired) electrons. The molecule has 4 heterocycles. The molecule has 0 bridgehead atoms. The summed E-state index contributed by atoms with van der Waals surface area (Å²) in [6, 6.07) is 16.3. The van der Waals surface area contributed by atoms with E-state index in [1.807, 2.05) is 55.5 Å². The van der Waals surface area contributed by atoms with E-state index >= 15 is 0 Å². The van der Waals surface area contributed by atoms with Crippen molar-refractivity contribution in [2.75, 3.05) is 19.6 Å². The minimum atomic E-state index is 0. The Morgan fingerprint density at radius 3 is 2.63 bits per heavy atom. The fourth-order valence-corrected chi connectivity index (χ4v) is 5.61. The summed E-state index contributed by atoms with van der Waals surface area (Å²) in [5.74, 6) is 0.0168. The maximum Gasteiger partial charge on any atom is 0.258 e. The monoisotopic (exact) mass is 529 g/mol. The normalized spacial score (nSPS) is 15.5. The number of halogens is 2. The summed E-state index contributed by atoms with van der Waals surface area (Å²) in [6.07, 6.45) is 6.06. The highest BCUT2D eigenvalue weighted by Crippen LogP contribution is 2.35. The Morgan fingerprint density at radius 1 is 1.17 bits per heavy atom. The molecule has 1 N–H and O–H groups in total. The summed E-state index contributed by atoms with van der Waals surface area (Å²) in [5, 5.41) is 13.2. The second kappa shape index (κ2) is 12.0. The van der Waals surface area contributed by atoms with Gasteiger partial charge in [0.1, 0.15) is 5.65 Å². The molecule has 1 amide bonds. The number of nitrogens with one attached hydrogen (secondary N) is 1. The number of benzene rings is 1. The van der Waals surface area contributed by atoms with Gasteiger partial charge in [0, 0.05) is 19.1 Å². The third-order valence-corrected chi connectivity index (χ3v) is 7.53. The first kappa shape index (κ1) is 27.1. The molecule has 1 fully saturated rings. The van der Waals surface area contributed by atoms with Crippen LogP contribution in [0.15, 0.2) is 52.4 Å². The van der Waals surface area contributed by atoms with E-state index in [4.69, 9.17) is 5.26 Å². The van der Waals surface area contributed by atoms with Crippen LogP contribution in [0.4, 0.5) is 0 Å². The van der Waals surface area contributed by atoms with Crippen molar-refractivity contribution in [1.29, 1.82) is 5.26 Å². The van der Waals surface area contributed by atoms with Gasteiger partial charge in [-0.1, -0.05) is 30.0 Å². The highest BCUT2D eigenvalue weighted by atomic mass is 35.5. The smallest absolute Gasteiger partial charge is 0.258 e. The number of thioether (sulfide) groups is 1. The number of likely N-dealkylation sites (tertiary alicyclic amines) is 1. The van der Waals surface area contributed by atoms with E-state index in [0.29, 0.717) is 5.56 Å². The lowest BCUT2D eigenvalue weighted by atomic mass is 10.0. The fourth-order valence-electron chi connectivity index (χ4n) is 4.64. The standard InChI is InChI=1S/C26H27N5OS.2ClH/c1-18-22-16-23(33-25-6-2-5-24(28-18)31(22)25)26(32)29-21-11-14-30(15-12-21)13-3-4-19-7-9-20(17-27)10-8-19;;/h2,5-10,16,21H,3-4,11-15H2,1H3,(H,29,32);2*1H. The van der Waals surface area contributed by atoms with Gasteiger partial charge < -0.3 is 10.2 Å². The number of nitriles is 1. The van der Waals surface area contributed by atoms with Crippen LogP contribution in [0.25, 0.3) is 11.7 Å².